The fourth-order valence-corrected chi connectivity index (χ4v) is 5.87. The minimum Gasteiger partial charge on any atom is -0.480 e. The Hall–Kier alpha value is -1.41. The predicted octanol–water partition coefficient (Wildman–Crippen LogP) is 3.85. The lowest BCUT2D eigenvalue weighted by atomic mass is 10.0. The van der Waals surface area contributed by atoms with E-state index in [9.17, 15) is 18.3 Å². The van der Waals surface area contributed by atoms with Gasteiger partial charge in [0.15, 0.2) is 0 Å². The minimum atomic E-state index is -3.90. The number of nitrogens with one attached hydrogen (secondary N) is 1. The van der Waals surface area contributed by atoms with E-state index in [0.717, 1.165) is 21.8 Å². The van der Waals surface area contributed by atoms with E-state index in [1.807, 2.05) is 26.0 Å². The zero-order valence-electron chi connectivity index (χ0n) is 13.7. The van der Waals surface area contributed by atoms with Crippen molar-refractivity contribution in [3.8, 4) is 10.4 Å². The van der Waals surface area contributed by atoms with E-state index < -0.39 is 21.5 Å². The molecule has 0 spiro atoms. The molecular weight excluding hydrogens is 382 g/mol. The molecule has 0 radical (unpaired) electrons. The van der Waals surface area contributed by atoms with Crippen LogP contribution in [-0.2, 0) is 14.8 Å². The minimum absolute atomic E-state index is 0.0896. The van der Waals surface area contributed by atoms with Crippen LogP contribution in [0.15, 0.2) is 40.6 Å². The molecule has 0 bridgehead atoms. The Labute approximate surface area is 155 Å². The van der Waals surface area contributed by atoms with Crippen LogP contribution in [0.3, 0.4) is 0 Å². The van der Waals surface area contributed by atoms with Crippen molar-refractivity contribution in [2.24, 2.45) is 11.8 Å². The van der Waals surface area contributed by atoms with Crippen molar-refractivity contribution >= 4 is 38.9 Å². The molecule has 0 unspecified atom stereocenters. The van der Waals surface area contributed by atoms with Gasteiger partial charge in [-0.3, -0.25) is 4.79 Å². The number of halogens is 1. The monoisotopic (exact) mass is 399 g/mol. The quantitative estimate of drug-likeness (QED) is 0.772. The van der Waals surface area contributed by atoms with E-state index in [-0.39, 0.29) is 16.0 Å². The van der Waals surface area contributed by atoms with Crippen molar-refractivity contribution in [1.29, 1.82) is 0 Å². The van der Waals surface area contributed by atoms with Crippen LogP contribution in [0.5, 0.6) is 0 Å². The molecule has 2 atom stereocenters. The molecular formula is C17H18ClNO4S2. The summed E-state index contributed by atoms with van der Waals surface area (Å²) in [6.45, 7) is 3.79. The van der Waals surface area contributed by atoms with Gasteiger partial charge in [0, 0.05) is 9.90 Å². The van der Waals surface area contributed by atoms with Crippen molar-refractivity contribution in [3.63, 3.8) is 0 Å². The van der Waals surface area contributed by atoms with Gasteiger partial charge in [0.05, 0.1) is 0 Å². The molecule has 25 heavy (non-hydrogen) atoms. The highest BCUT2D eigenvalue weighted by Gasteiger charge is 2.63. The standard InChI is InChI=1S/C17H18ClNO4S2/c1-10(2)13-9-17(13,16(20)21)19-25(22,23)15-8-7-14(24-15)11-3-5-12(18)6-4-11/h3-8,10,13,19H,9H2,1-2H3,(H,20,21)/t13-,17+/m0/s1. The third-order valence-corrected chi connectivity index (χ3v) is 7.88. The summed E-state index contributed by atoms with van der Waals surface area (Å²) in [5, 5.41) is 10.1. The van der Waals surface area contributed by atoms with Gasteiger partial charge in [0.25, 0.3) is 10.0 Å². The average molecular weight is 400 g/mol. The van der Waals surface area contributed by atoms with Gasteiger partial charge in [-0.2, -0.15) is 4.72 Å². The highest BCUT2D eigenvalue weighted by Crippen LogP contribution is 2.49. The van der Waals surface area contributed by atoms with Crippen LogP contribution >= 0.6 is 22.9 Å². The Morgan fingerprint density at radius 3 is 2.44 bits per heavy atom. The van der Waals surface area contributed by atoms with Gasteiger partial charge in [-0.15, -0.1) is 11.3 Å². The number of thiophene rings is 1. The second-order valence-corrected chi connectivity index (χ2v) is 9.99. The maximum Gasteiger partial charge on any atom is 0.325 e. The molecule has 1 heterocycles. The molecule has 1 aliphatic carbocycles. The maximum atomic E-state index is 12.7. The molecule has 1 fully saturated rings. The molecule has 1 aromatic heterocycles. The van der Waals surface area contributed by atoms with E-state index in [1.54, 1.807) is 18.2 Å². The number of aliphatic carboxylic acids is 1. The molecule has 8 heteroatoms. The Balaban J connectivity index is 1.86. The first-order valence-electron chi connectivity index (χ1n) is 7.79. The zero-order chi connectivity index (χ0) is 18.4. The second kappa shape index (κ2) is 6.39. The van der Waals surface area contributed by atoms with E-state index in [4.69, 9.17) is 11.6 Å². The van der Waals surface area contributed by atoms with Crippen molar-refractivity contribution < 1.29 is 18.3 Å². The van der Waals surface area contributed by atoms with Crippen LogP contribution in [0.2, 0.25) is 5.02 Å². The van der Waals surface area contributed by atoms with Crippen molar-refractivity contribution in [1.82, 2.24) is 4.72 Å². The SMILES string of the molecule is CC(C)[C@@H]1C[C@]1(NS(=O)(=O)c1ccc(-c2ccc(Cl)cc2)s1)C(=O)O. The summed E-state index contributed by atoms with van der Waals surface area (Å²) in [7, 11) is -3.90. The molecule has 5 nitrogen and oxygen atoms in total. The Morgan fingerprint density at radius 1 is 1.28 bits per heavy atom. The van der Waals surface area contributed by atoms with Crippen LogP contribution in [0.4, 0.5) is 0 Å². The average Bonchev–Trinajstić information content (AvgIpc) is 3.04. The van der Waals surface area contributed by atoms with Gasteiger partial charge in [-0.05, 0) is 48.1 Å². The van der Waals surface area contributed by atoms with Gasteiger partial charge in [-0.1, -0.05) is 37.6 Å². The zero-order valence-corrected chi connectivity index (χ0v) is 16.1. The smallest absolute Gasteiger partial charge is 0.325 e. The molecule has 0 amide bonds. The molecule has 1 saturated carbocycles. The normalized spacial score (nSPS) is 23.0. The highest BCUT2D eigenvalue weighted by atomic mass is 35.5. The molecule has 0 saturated heterocycles. The fraction of sp³-hybridized carbons (Fsp3) is 0.353. The van der Waals surface area contributed by atoms with Crippen LogP contribution in [-0.4, -0.2) is 25.0 Å². The summed E-state index contributed by atoms with van der Waals surface area (Å²) in [6.07, 6.45) is 0.314. The van der Waals surface area contributed by atoms with Crippen LogP contribution < -0.4 is 4.72 Å². The van der Waals surface area contributed by atoms with E-state index in [0.29, 0.717) is 11.4 Å². The summed E-state index contributed by atoms with van der Waals surface area (Å²) < 4.78 is 27.9. The van der Waals surface area contributed by atoms with Crippen LogP contribution in [0.25, 0.3) is 10.4 Å². The van der Waals surface area contributed by atoms with Gasteiger partial charge in [0.2, 0.25) is 0 Å². The van der Waals surface area contributed by atoms with E-state index in [2.05, 4.69) is 4.72 Å². The lowest BCUT2D eigenvalue weighted by Gasteiger charge is -2.16. The fourth-order valence-electron chi connectivity index (χ4n) is 3.02. The van der Waals surface area contributed by atoms with Crippen molar-refractivity contribution in [2.75, 3.05) is 0 Å². The van der Waals surface area contributed by atoms with Gasteiger partial charge < -0.3 is 5.11 Å². The van der Waals surface area contributed by atoms with Crippen LogP contribution in [0, 0.1) is 11.8 Å². The topological polar surface area (TPSA) is 83.5 Å². The largest absolute Gasteiger partial charge is 0.480 e. The number of sulfonamides is 1. The Morgan fingerprint density at radius 2 is 1.92 bits per heavy atom. The Bertz CT molecular complexity index is 905. The second-order valence-electron chi connectivity index (χ2n) is 6.56. The lowest BCUT2D eigenvalue weighted by Crippen LogP contribution is -2.45. The van der Waals surface area contributed by atoms with Crippen LogP contribution in [0.1, 0.15) is 20.3 Å². The molecule has 2 N–H and O–H groups in total. The number of carboxylic acids is 1. The van der Waals surface area contributed by atoms with Gasteiger partial charge in [0.1, 0.15) is 9.75 Å². The molecule has 3 rings (SSSR count). The predicted molar refractivity (Wildman–Crippen MR) is 98.4 cm³/mol. The summed E-state index contributed by atoms with van der Waals surface area (Å²) in [6, 6.07) is 10.3. The number of carboxylic acid groups (broad SMARTS) is 1. The highest BCUT2D eigenvalue weighted by molar-refractivity contribution is 7.91. The first kappa shape index (κ1) is 18.4. The molecule has 0 aliphatic heterocycles. The third-order valence-electron chi connectivity index (χ3n) is 4.49. The first-order chi connectivity index (χ1) is 11.7. The maximum absolute atomic E-state index is 12.7. The Kier molecular flexibility index (Phi) is 4.70. The number of hydrogen-bond donors (Lipinski definition) is 2. The van der Waals surface area contributed by atoms with Crippen molar-refractivity contribution in [2.45, 2.75) is 30.0 Å². The van der Waals surface area contributed by atoms with Crippen molar-refractivity contribution in [3.05, 3.63) is 41.4 Å². The molecule has 1 aromatic carbocycles. The molecule has 2 aromatic rings. The first-order valence-corrected chi connectivity index (χ1v) is 10.5. The van der Waals surface area contributed by atoms with E-state index >= 15 is 0 Å². The number of rotatable bonds is 6. The summed E-state index contributed by atoms with van der Waals surface area (Å²) in [5.74, 6) is -1.23. The summed E-state index contributed by atoms with van der Waals surface area (Å²) >= 11 is 6.97. The summed E-state index contributed by atoms with van der Waals surface area (Å²) in [4.78, 5) is 12.4. The van der Waals surface area contributed by atoms with E-state index in [1.165, 1.54) is 6.07 Å². The lowest BCUT2D eigenvalue weighted by molar-refractivity contribution is -0.140. The molecule has 1 aliphatic rings. The van der Waals surface area contributed by atoms with Gasteiger partial charge >= 0.3 is 5.97 Å². The molecule has 134 valence electrons. The number of hydrogen-bond acceptors (Lipinski definition) is 4. The summed E-state index contributed by atoms with van der Waals surface area (Å²) in [5.41, 5.74) is -0.535. The number of carbonyl (C=O) groups is 1. The number of benzene rings is 1. The third kappa shape index (κ3) is 3.46. The van der Waals surface area contributed by atoms with Gasteiger partial charge in [-0.25, -0.2) is 8.42 Å².